The maximum absolute atomic E-state index is 3.59. The van der Waals surface area contributed by atoms with Crippen LogP contribution >= 0.6 is 0 Å². The van der Waals surface area contributed by atoms with Gasteiger partial charge >= 0.3 is 0 Å². The summed E-state index contributed by atoms with van der Waals surface area (Å²) in [7, 11) is 0. The van der Waals surface area contributed by atoms with Crippen molar-refractivity contribution in [1.82, 2.24) is 5.32 Å². The third-order valence-corrected chi connectivity index (χ3v) is 3.49. The lowest BCUT2D eigenvalue weighted by molar-refractivity contribution is 0.548. The van der Waals surface area contributed by atoms with Crippen LogP contribution in [-0.2, 0) is 6.54 Å². The highest BCUT2D eigenvalue weighted by molar-refractivity contribution is 5.56. The summed E-state index contributed by atoms with van der Waals surface area (Å²) in [5, 5.41) is 3.59. The third kappa shape index (κ3) is 3.01. The Morgan fingerprint density at radius 1 is 1.41 bits per heavy atom. The van der Waals surface area contributed by atoms with Crippen molar-refractivity contribution in [3.8, 4) is 0 Å². The molecule has 0 saturated heterocycles. The van der Waals surface area contributed by atoms with Crippen molar-refractivity contribution in [1.29, 1.82) is 0 Å². The van der Waals surface area contributed by atoms with Crippen molar-refractivity contribution in [2.24, 2.45) is 0 Å². The van der Waals surface area contributed by atoms with E-state index in [4.69, 9.17) is 0 Å². The maximum Gasteiger partial charge on any atom is 0.0412 e. The molecule has 0 aliphatic carbocycles. The standard InChI is InChI=1S/C15H24N2/c1-4-5-8-17-11-13(3)16-10-14-9-12(2)6-7-15(14)17/h6-7,9,13,16H,4-5,8,10-11H2,1-3H3. The second kappa shape index (κ2) is 5.54. The van der Waals surface area contributed by atoms with Crippen LogP contribution in [0.2, 0.25) is 0 Å². The zero-order valence-corrected chi connectivity index (χ0v) is 11.3. The van der Waals surface area contributed by atoms with Gasteiger partial charge in [0.2, 0.25) is 0 Å². The molecule has 1 aliphatic heterocycles. The lowest BCUT2D eigenvalue weighted by Crippen LogP contribution is -2.36. The van der Waals surface area contributed by atoms with Gasteiger partial charge in [0.15, 0.2) is 0 Å². The Balaban J connectivity index is 2.25. The van der Waals surface area contributed by atoms with Gasteiger partial charge in [-0.05, 0) is 31.9 Å². The van der Waals surface area contributed by atoms with Crippen LogP contribution in [0.3, 0.4) is 0 Å². The van der Waals surface area contributed by atoms with Crippen molar-refractivity contribution in [3.05, 3.63) is 29.3 Å². The minimum atomic E-state index is 0.569. The fourth-order valence-corrected chi connectivity index (χ4v) is 2.50. The van der Waals surface area contributed by atoms with E-state index in [1.165, 1.54) is 36.2 Å². The summed E-state index contributed by atoms with van der Waals surface area (Å²) in [4.78, 5) is 2.54. The zero-order valence-electron chi connectivity index (χ0n) is 11.3. The molecule has 0 spiro atoms. The van der Waals surface area contributed by atoms with Crippen molar-refractivity contribution >= 4 is 5.69 Å². The molecule has 2 heteroatoms. The van der Waals surface area contributed by atoms with Crippen LogP contribution in [0.4, 0.5) is 5.69 Å². The molecule has 1 N–H and O–H groups in total. The Labute approximate surface area is 105 Å². The molecule has 0 bridgehead atoms. The number of anilines is 1. The Morgan fingerprint density at radius 3 is 3.00 bits per heavy atom. The molecule has 1 aliphatic rings. The van der Waals surface area contributed by atoms with Gasteiger partial charge in [0.05, 0.1) is 0 Å². The molecule has 1 aromatic carbocycles. The molecule has 1 aromatic rings. The summed E-state index contributed by atoms with van der Waals surface area (Å²) in [6.45, 7) is 10.0. The van der Waals surface area contributed by atoms with Gasteiger partial charge in [-0.2, -0.15) is 0 Å². The van der Waals surface area contributed by atoms with Gasteiger partial charge in [0, 0.05) is 31.4 Å². The van der Waals surface area contributed by atoms with E-state index >= 15 is 0 Å². The van der Waals surface area contributed by atoms with Gasteiger partial charge < -0.3 is 10.2 Å². The van der Waals surface area contributed by atoms with Gasteiger partial charge in [-0.3, -0.25) is 0 Å². The van der Waals surface area contributed by atoms with Crippen LogP contribution in [0.15, 0.2) is 18.2 Å². The first-order chi connectivity index (χ1) is 8.20. The van der Waals surface area contributed by atoms with Crippen LogP contribution < -0.4 is 10.2 Å². The summed E-state index contributed by atoms with van der Waals surface area (Å²) >= 11 is 0. The number of rotatable bonds is 3. The Hall–Kier alpha value is -1.02. The normalized spacial score (nSPS) is 19.9. The van der Waals surface area contributed by atoms with E-state index in [2.05, 4.69) is 49.2 Å². The first-order valence-electron chi connectivity index (χ1n) is 6.78. The number of nitrogens with one attached hydrogen (secondary N) is 1. The number of unbranched alkanes of at least 4 members (excludes halogenated alkanes) is 1. The molecule has 0 saturated carbocycles. The summed E-state index contributed by atoms with van der Waals surface area (Å²) in [6, 6.07) is 7.41. The summed E-state index contributed by atoms with van der Waals surface area (Å²) in [5.74, 6) is 0. The molecule has 0 amide bonds. The molecule has 1 atom stereocenters. The molecule has 0 radical (unpaired) electrons. The van der Waals surface area contributed by atoms with Crippen LogP contribution in [-0.4, -0.2) is 19.1 Å². The SMILES string of the molecule is CCCCN1CC(C)NCc2cc(C)ccc21. The van der Waals surface area contributed by atoms with Crippen LogP contribution in [0.25, 0.3) is 0 Å². The van der Waals surface area contributed by atoms with E-state index in [1.807, 2.05) is 0 Å². The molecule has 0 fully saturated rings. The quantitative estimate of drug-likeness (QED) is 0.861. The van der Waals surface area contributed by atoms with Crippen LogP contribution in [0.5, 0.6) is 0 Å². The molecule has 2 nitrogen and oxygen atoms in total. The highest BCUT2D eigenvalue weighted by Gasteiger charge is 2.18. The van der Waals surface area contributed by atoms with Gasteiger partial charge in [0.1, 0.15) is 0 Å². The van der Waals surface area contributed by atoms with Gasteiger partial charge in [-0.1, -0.05) is 31.0 Å². The second-order valence-corrected chi connectivity index (χ2v) is 5.21. The minimum absolute atomic E-state index is 0.569. The number of hydrogen-bond donors (Lipinski definition) is 1. The van der Waals surface area contributed by atoms with E-state index in [9.17, 15) is 0 Å². The first kappa shape index (κ1) is 12.4. The largest absolute Gasteiger partial charge is 0.370 e. The van der Waals surface area contributed by atoms with E-state index in [1.54, 1.807) is 0 Å². The second-order valence-electron chi connectivity index (χ2n) is 5.21. The Kier molecular flexibility index (Phi) is 4.06. The van der Waals surface area contributed by atoms with Crippen molar-refractivity contribution in [2.45, 2.75) is 46.2 Å². The third-order valence-electron chi connectivity index (χ3n) is 3.49. The summed E-state index contributed by atoms with van der Waals surface area (Å²) in [5.41, 5.74) is 4.24. The molecule has 0 aromatic heterocycles. The van der Waals surface area contributed by atoms with Crippen molar-refractivity contribution in [3.63, 3.8) is 0 Å². The predicted molar refractivity (Wildman–Crippen MR) is 74.6 cm³/mol. The average Bonchev–Trinajstić information content (AvgIpc) is 2.46. The lowest BCUT2D eigenvalue weighted by Gasteiger charge is -2.26. The molecule has 2 rings (SSSR count). The van der Waals surface area contributed by atoms with Crippen LogP contribution in [0.1, 0.15) is 37.8 Å². The Morgan fingerprint density at radius 2 is 2.24 bits per heavy atom. The molecule has 1 unspecified atom stereocenters. The number of aryl methyl sites for hydroxylation is 1. The molecular weight excluding hydrogens is 208 g/mol. The van der Waals surface area contributed by atoms with Gasteiger partial charge in [-0.15, -0.1) is 0 Å². The molecule has 94 valence electrons. The highest BCUT2D eigenvalue weighted by atomic mass is 15.2. The van der Waals surface area contributed by atoms with Crippen molar-refractivity contribution < 1.29 is 0 Å². The average molecular weight is 232 g/mol. The van der Waals surface area contributed by atoms with E-state index in [0.717, 1.165) is 13.1 Å². The predicted octanol–water partition coefficient (Wildman–Crippen LogP) is 3.09. The van der Waals surface area contributed by atoms with Crippen molar-refractivity contribution in [2.75, 3.05) is 18.0 Å². The summed E-state index contributed by atoms with van der Waals surface area (Å²) < 4.78 is 0. The lowest BCUT2D eigenvalue weighted by atomic mass is 10.1. The monoisotopic (exact) mass is 232 g/mol. The smallest absolute Gasteiger partial charge is 0.0412 e. The Bertz CT molecular complexity index is 373. The van der Waals surface area contributed by atoms with Gasteiger partial charge in [0.25, 0.3) is 0 Å². The van der Waals surface area contributed by atoms with E-state index in [0.29, 0.717) is 6.04 Å². The van der Waals surface area contributed by atoms with E-state index < -0.39 is 0 Å². The summed E-state index contributed by atoms with van der Waals surface area (Å²) in [6.07, 6.45) is 2.54. The van der Waals surface area contributed by atoms with E-state index in [-0.39, 0.29) is 0 Å². The maximum atomic E-state index is 3.59. The first-order valence-corrected chi connectivity index (χ1v) is 6.78. The van der Waals surface area contributed by atoms with Crippen LogP contribution in [0, 0.1) is 6.92 Å². The highest BCUT2D eigenvalue weighted by Crippen LogP contribution is 2.25. The number of fused-ring (bicyclic) bond motifs is 1. The molecule has 17 heavy (non-hydrogen) atoms. The number of hydrogen-bond acceptors (Lipinski definition) is 2. The number of nitrogens with zero attached hydrogens (tertiary/aromatic N) is 1. The minimum Gasteiger partial charge on any atom is -0.370 e. The van der Waals surface area contributed by atoms with Gasteiger partial charge in [-0.25, -0.2) is 0 Å². The fourth-order valence-electron chi connectivity index (χ4n) is 2.50. The number of benzene rings is 1. The molecule has 1 heterocycles. The topological polar surface area (TPSA) is 15.3 Å². The molecular formula is C15H24N2. The fraction of sp³-hybridized carbons (Fsp3) is 0.600. The zero-order chi connectivity index (χ0) is 12.3.